The summed E-state index contributed by atoms with van der Waals surface area (Å²) in [5, 5.41) is 22.3. The highest BCUT2D eigenvalue weighted by Crippen LogP contribution is 2.30. The monoisotopic (exact) mass is 559 g/mol. The molecule has 6 rings (SSSR count). The standard InChI is InChI=1S/C21H17N5S.C10H12N4/c22-14-16(20-25-18-8-4-5-9-19(18)27-20)17-11-13-24-21(26-17)23-12-10-15-6-2-1-3-7-15;11-5-3-9-4-6-12-10(13-9)14-7-1-2-8-14/h1-9,11,13,16H,10,12H2,(H,23,24,26);4,6H,1-3,7-8H2. The van der Waals surface area contributed by atoms with E-state index in [9.17, 15) is 5.26 Å². The molecule has 5 aromatic rings. The van der Waals surface area contributed by atoms with E-state index >= 15 is 0 Å². The highest BCUT2D eigenvalue weighted by atomic mass is 32.1. The average Bonchev–Trinajstić information content (AvgIpc) is 3.70. The molecule has 1 aliphatic heterocycles. The van der Waals surface area contributed by atoms with Crippen LogP contribution in [0.1, 0.15) is 40.7 Å². The van der Waals surface area contributed by atoms with Crippen LogP contribution >= 0.6 is 11.3 Å². The number of hydrogen-bond acceptors (Lipinski definition) is 10. The summed E-state index contributed by atoms with van der Waals surface area (Å²) in [6.45, 7) is 2.80. The molecular formula is C31H29N9S. The van der Waals surface area contributed by atoms with Crippen molar-refractivity contribution in [2.75, 3.05) is 29.9 Å². The zero-order chi connectivity index (χ0) is 28.3. The minimum Gasteiger partial charge on any atom is -0.354 e. The van der Waals surface area contributed by atoms with Crippen molar-refractivity contribution in [1.82, 2.24) is 24.9 Å². The summed E-state index contributed by atoms with van der Waals surface area (Å²) in [5.41, 5.74) is 3.64. The van der Waals surface area contributed by atoms with Gasteiger partial charge in [0, 0.05) is 32.0 Å². The lowest BCUT2D eigenvalue weighted by Gasteiger charge is -2.14. The maximum absolute atomic E-state index is 9.71. The van der Waals surface area contributed by atoms with E-state index in [-0.39, 0.29) is 0 Å². The van der Waals surface area contributed by atoms with Gasteiger partial charge in [-0.05, 0) is 49.1 Å². The predicted octanol–water partition coefficient (Wildman–Crippen LogP) is 5.54. The molecule has 0 bridgehead atoms. The molecule has 204 valence electrons. The van der Waals surface area contributed by atoms with Gasteiger partial charge in [-0.25, -0.2) is 24.9 Å². The number of anilines is 2. The van der Waals surface area contributed by atoms with Crippen LogP contribution < -0.4 is 10.2 Å². The second kappa shape index (κ2) is 13.9. The Kier molecular flexibility index (Phi) is 9.38. The first-order valence-corrected chi connectivity index (χ1v) is 14.3. The number of thiazole rings is 1. The summed E-state index contributed by atoms with van der Waals surface area (Å²) in [4.78, 5) is 24.1. The first-order chi connectivity index (χ1) is 20.2. The van der Waals surface area contributed by atoms with E-state index in [4.69, 9.17) is 5.26 Å². The molecule has 41 heavy (non-hydrogen) atoms. The van der Waals surface area contributed by atoms with Crippen molar-refractivity contribution in [3.8, 4) is 12.1 Å². The van der Waals surface area contributed by atoms with Gasteiger partial charge in [0.1, 0.15) is 10.9 Å². The number of nitriles is 2. The van der Waals surface area contributed by atoms with Gasteiger partial charge in [-0.3, -0.25) is 0 Å². The van der Waals surface area contributed by atoms with Crippen LogP contribution in [0.2, 0.25) is 0 Å². The Morgan fingerprint density at radius 1 is 0.878 bits per heavy atom. The van der Waals surface area contributed by atoms with E-state index in [1.54, 1.807) is 24.5 Å². The van der Waals surface area contributed by atoms with Gasteiger partial charge in [-0.1, -0.05) is 42.5 Å². The van der Waals surface area contributed by atoms with Crippen molar-refractivity contribution in [3.63, 3.8) is 0 Å². The first kappa shape index (κ1) is 27.6. The quantitative estimate of drug-likeness (QED) is 0.261. The maximum atomic E-state index is 9.71. The third kappa shape index (κ3) is 7.38. The fourth-order valence-electron chi connectivity index (χ4n) is 4.48. The largest absolute Gasteiger partial charge is 0.354 e. The van der Waals surface area contributed by atoms with Crippen LogP contribution in [0.5, 0.6) is 0 Å². The minimum absolute atomic E-state index is 0.364. The highest BCUT2D eigenvalue weighted by Gasteiger charge is 2.20. The number of para-hydroxylation sites is 1. The van der Waals surface area contributed by atoms with Crippen LogP contribution in [0.25, 0.3) is 10.2 Å². The van der Waals surface area contributed by atoms with Crippen molar-refractivity contribution in [2.45, 2.75) is 31.6 Å². The predicted molar refractivity (Wildman–Crippen MR) is 161 cm³/mol. The van der Waals surface area contributed by atoms with Gasteiger partial charge >= 0.3 is 0 Å². The molecule has 0 amide bonds. The lowest BCUT2D eigenvalue weighted by atomic mass is 10.1. The van der Waals surface area contributed by atoms with Gasteiger partial charge in [-0.2, -0.15) is 10.5 Å². The third-order valence-corrected chi connectivity index (χ3v) is 7.65. The van der Waals surface area contributed by atoms with Crippen molar-refractivity contribution in [1.29, 1.82) is 10.5 Å². The Bertz CT molecular complexity index is 1620. The lowest BCUT2D eigenvalue weighted by Crippen LogP contribution is -2.20. The summed E-state index contributed by atoms with van der Waals surface area (Å²) in [6.07, 6.45) is 7.09. The number of nitrogens with zero attached hydrogens (tertiary/aromatic N) is 8. The number of hydrogen-bond donors (Lipinski definition) is 1. The second-order valence-electron chi connectivity index (χ2n) is 9.43. The number of aromatic nitrogens is 5. The summed E-state index contributed by atoms with van der Waals surface area (Å²) in [5.74, 6) is 0.806. The molecule has 10 heteroatoms. The van der Waals surface area contributed by atoms with E-state index in [1.165, 1.54) is 29.7 Å². The summed E-state index contributed by atoms with van der Waals surface area (Å²) in [7, 11) is 0. The number of fused-ring (bicyclic) bond motifs is 1. The number of benzene rings is 2. The molecule has 4 heterocycles. The smallest absolute Gasteiger partial charge is 0.225 e. The van der Waals surface area contributed by atoms with Crippen molar-refractivity contribution in [3.05, 3.63) is 101 Å². The zero-order valence-corrected chi connectivity index (χ0v) is 23.3. The van der Waals surface area contributed by atoms with Crippen LogP contribution in [0.4, 0.5) is 11.9 Å². The maximum Gasteiger partial charge on any atom is 0.225 e. The molecule has 0 aliphatic carbocycles. The van der Waals surface area contributed by atoms with Gasteiger partial charge in [0.05, 0.1) is 40.2 Å². The van der Waals surface area contributed by atoms with Gasteiger partial charge in [0.2, 0.25) is 11.9 Å². The van der Waals surface area contributed by atoms with Crippen molar-refractivity contribution >= 4 is 33.5 Å². The molecule has 1 saturated heterocycles. The lowest BCUT2D eigenvalue weighted by molar-refractivity contribution is 0.883. The molecule has 2 aromatic carbocycles. The molecule has 1 unspecified atom stereocenters. The van der Waals surface area contributed by atoms with Gasteiger partial charge in [0.15, 0.2) is 0 Å². The summed E-state index contributed by atoms with van der Waals surface area (Å²) in [6, 6.07) is 26.2. The van der Waals surface area contributed by atoms with E-state index in [0.29, 0.717) is 18.1 Å². The molecule has 1 aliphatic rings. The Labute approximate surface area is 243 Å². The van der Waals surface area contributed by atoms with E-state index in [1.807, 2.05) is 42.5 Å². The molecular weight excluding hydrogens is 530 g/mol. The molecule has 0 saturated carbocycles. The Balaban J connectivity index is 0.000000202. The van der Waals surface area contributed by atoms with E-state index in [0.717, 1.165) is 52.9 Å². The molecule has 3 aromatic heterocycles. The average molecular weight is 560 g/mol. The van der Waals surface area contributed by atoms with Gasteiger partial charge < -0.3 is 10.2 Å². The molecule has 1 N–H and O–H groups in total. The number of nitrogens with one attached hydrogen (secondary N) is 1. The van der Waals surface area contributed by atoms with Crippen LogP contribution in [0, 0.1) is 22.7 Å². The third-order valence-electron chi connectivity index (χ3n) is 6.55. The molecule has 0 spiro atoms. The second-order valence-corrected chi connectivity index (χ2v) is 10.5. The zero-order valence-electron chi connectivity index (χ0n) is 22.5. The Hall–Kier alpha value is -4.93. The highest BCUT2D eigenvalue weighted by molar-refractivity contribution is 7.18. The Morgan fingerprint density at radius 2 is 1.66 bits per heavy atom. The van der Waals surface area contributed by atoms with Crippen molar-refractivity contribution in [2.24, 2.45) is 0 Å². The molecule has 1 fully saturated rings. The fourth-order valence-corrected chi connectivity index (χ4v) is 5.50. The Morgan fingerprint density at radius 3 is 2.44 bits per heavy atom. The van der Waals surface area contributed by atoms with E-state index < -0.39 is 5.92 Å². The van der Waals surface area contributed by atoms with Crippen LogP contribution in [-0.2, 0) is 12.8 Å². The topological polar surface area (TPSA) is 127 Å². The van der Waals surface area contributed by atoms with E-state index in [2.05, 4.69) is 59.4 Å². The molecule has 1 atom stereocenters. The van der Waals surface area contributed by atoms with Crippen LogP contribution in [0.3, 0.4) is 0 Å². The minimum atomic E-state index is -0.500. The van der Waals surface area contributed by atoms with Gasteiger partial charge in [0.25, 0.3) is 0 Å². The number of rotatable bonds is 8. The summed E-state index contributed by atoms with van der Waals surface area (Å²) < 4.78 is 1.07. The van der Waals surface area contributed by atoms with Crippen LogP contribution in [0.15, 0.2) is 79.1 Å². The molecule has 0 radical (unpaired) electrons. The fraction of sp³-hybridized carbons (Fsp3) is 0.258. The SMILES string of the molecule is N#CC(c1ccnc(NCCc2ccccc2)n1)c1nc2ccccc2s1.N#CCc1ccnc(N2CCCC2)n1. The van der Waals surface area contributed by atoms with Crippen LogP contribution in [-0.4, -0.2) is 44.6 Å². The first-order valence-electron chi connectivity index (χ1n) is 13.5. The molecule has 9 nitrogen and oxygen atoms in total. The van der Waals surface area contributed by atoms with Gasteiger partial charge in [-0.15, -0.1) is 11.3 Å². The van der Waals surface area contributed by atoms with Crippen molar-refractivity contribution < 1.29 is 0 Å². The normalized spacial score (nSPS) is 13.1. The summed E-state index contributed by atoms with van der Waals surface area (Å²) >= 11 is 1.53.